The topological polar surface area (TPSA) is 17.8 Å². The number of aromatic nitrogens is 2. The number of nitrogens with zero attached hydrogens (tertiary/aromatic N) is 2. The molecule has 0 saturated carbocycles. The molecule has 2 nitrogen and oxygen atoms in total. The Morgan fingerprint density at radius 3 is 2.53 bits per heavy atom. The number of halogens is 2. The van der Waals surface area contributed by atoms with E-state index < -0.39 is 0 Å². The first-order valence-electron chi connectivity index (χ1n) is 5.80. The molecule has 94 valence electrons. The van der Waals surface area contributed by atoms with Crippen LogP contribution in [0.4, 0.5) is 0 Å². The Hall–Kier alpha value is -1.58. The van der Waals surface area contributed by atoms with Crippen LogP contribution in [0.1, 0.15) is 0 Å². The highest BCUT2D eigenvalue weighted by Gasteiger charge is 2.04. The summed E-state index contributed by atoms with van der Waals surface area (Å²) in [5.74, 6) is 0. The molecule has 0 fully saturated rings. The van der Waals surface area contributed by atoms with E-state index in [9.17, 15) is 0 Å². The van der Waals surface area contributed by atoms with Crippen molar-refractivity contribution >= 4 is 27.5 Å². The van der Waals surface area contributed by atoms with Crippen molar-refractivity contribution in [1.29, 1.82) is 0 Å². The molecule has 0 radical (unpaired) electrons. The maximum atomic E-state index is 6.00. The summed E-state index contributed by atoms with van der Waals surface area (Å²) in [5, 5.41) is 5.28. The van der Waals surface area contributed by atoms with Gasteiger partial charge in [-0.15, -0.1) is 0 Å². The fraction of sp³-hybridized carbons (Fsp3) is 0. The summed E-state index contributed by atoms with van der Waals surface area (Å²) in [6, 6.07) is 17.7. The van der Waals surface area contributed by atoms with Crippen molar-refractivity contribution in [3.63, 3.8) is 0 Å². The summed E-state index contributed by atoms with van der Waals surface area (Å²) >= 11 is 9.42. The van der Waals surface area contributed by atoms with Crippen molar-refractivity contribution in [3.8, 4) is 16.9 Å². The molecule has 0 aliphatic heterocycles. The first-order valence-corrected chi connectivity index (χ1v) is 6.97. The maximum Gasteiger partial charge on any atom is 0.0928 e. The summed E-state index contributed by atoms with van der Waals surface area (Å²) in [5.41, 5.74) is 2.95. The molecule has 0 bridgehead atoms. The van der Waals surface area contributed by atoms with Crippen LogP contribution in [-0.2, 0) is 0 Å². The van der Waals surface area contributed by atoms with Crippen LogP contribution in [-0.4, -0.2) is 9.78 Å². The quantitative estimate of drug-likeness (QED) is 0.648. The van der Waals surface area contributed by atoms with Gasteiger partial charge in [0.2, 0.25) is 0 Å². The molecule has 0 N–H and O–H groups in total. The summed E-state index contributed by atoms with van der Waals surface area (Å²) in [4.78, 5) is 0. The van der Waals surface area contributed by atoms with Gasteiger partial charge >= 0.3 is 0 Å². The first kappa shape index (κ1) is 12.5. The summed E-state index contributed by atoms with van der Waals surface area (Å²) in [6.07, 6.45) is 1.94. The van der Waals surface area contributed by atoms with Crippen molar-refractivity contribution in [2.45, 2.75) is 0 Å². The zero-order valence-electron chi connectivity index (χ0n) is 9.92. The van der Waals surface area contributed by atoms with Gasteiger partial charge in [-0.25, -0.2) is 4.68 Å². The molecule has 0 amide bonds. The van der Waals surface area contributed by atoms with Crippen molar-refractivity contribution in [2.24, 2.45) is 0 Å². The minimum Gasteiger partial charge on any atom is -0.240 e. The molecule has 0 unspecified atom stereocenters. The Morgan fingerprint density at radius 1 is 1.00 bits per heavy atom. The molecule has 0 aliphatic rings. The van der Waals surface area contributed by atoms with Gasteiger partial charge in [-0.05, 0) is 42.5 Å². The predicted molar refractivity (Wildman–Crippen MR) is 81.7 cm³/mol. The van der Waals surface area contributed by atoms with Crippen LogP contribution >= 0.6 is 27.5 Å². The van der Waals surface area contributed by atoms with Crippen LogP contribution in [0, 0.1) is 0 Å². The van der Waals surface area contributed by atoms with E-state index in [4.69, 9.17) is 11.6 Å². The van der Waals surface area contributed by atoms with Crippen molar-refractivity contribution in [2.75, 3.05) is 0 Å². The summed E-state index contributed by atoms with van der Waals surface area (Å²) in [7, 11) is 0. The Labute approximate surface area is 124 Å². The molecule has 1 heterocycles. The number of hydrogen-bond donors (Lipinski definition) is 0. The largest absolute Gasteiger partial charge is 0.240 e. The van der Waals surface area contributed by atoms with E-state index in [0.29, 0.717) is 0 Å². The van der Waals surface area contributed by atoms with Crippen LogP contribution in [0.25, 0.3) is 16.9 Å². The van der Waals surface area contributed by atoms with Crippen molar-refractivity contribution in [3.05, 3.63) is 70.3 Å². The van der Waals surface area contributed by atoms with Crippen molar-refractivity contribution in [1.82, 2.24) is 9.78 Å². The predicted octanol–water partition coefficient (Wildman–Crippen LogP) is 4.96. The Kier molecular flexibility index (Phi) is 3.40. The Morgan fingerprint density at radius 2 is 1.79 bits per heavy atom. The lowest BCUT2D eigenvalue weighted by Gasteiger charge is -2.01. The smallest absolute Gasteiger partial charge is 0.0928 e. The lowest BCUT2D eigenvalue weighted by Crippen LogP contribution is -1.94. The van der Waals surface area contributed by atoms with E-state index in [1.807, 2.05) is 65.5 Å². The number of hydrogen-bond acceptors (Lipinski definition) is 1. The molecular weight excluding hydrogens is 324 g/mol. The van der Waals surface area contributed by atoms with Gasteiger partial charge in [-0.3, -0.25) is 0 Å². The Balaban J connectivity index is 1.97. The lowest BCUT2D eigenvalue weighted by atomic mass is 10.2. The second kappa shape index (κ2) is 5.19. The third-order valence-corrected chi connectivity index (χ3v) is 3.56. The van der Waals surface area contributed by atoms with Gasteiger partial charge in [0.15, 0.2) is 0 Å². The third kappa shape index (κ3) is 2.72. The fourth-order valence-corrected chi connectivity index (χ4v) is 2.32. The average Bonchev–Trinajstić information content (AvgIpc) is 2.89. The highest BCUT2D eigenvalue weighted by atomic mass is 79.9. The van der Waals surface area contributed by atoms with Crippen LogP contribution in [0.3, 0.4) is 0 Å². The van der Waals surface area contributed by atoms with E-state index >= 15 is 0 Å². The molecule has 0 aliphatic carbocycles. The Bertz CT molecular complexity index is 704. The molecule has 2 aromatic carbocycles. The summed E-state index contributed by atoms with van der Waals surface area (Å²) in [6.45, 7) is 0. The monoisotopic (exact) mass is 332 g/mol. The van der Waals surface area contributed by atoms with Crippen LogP contribution in [0.2, 0.25) is 5.02 Å². The minimum atomic E-state index is 0.718. The van der Waals surface area contributed by atoms with Gasteiger partial charge in [0.1, 0.15) is 0 Å². The number of benzene rings is 2. The third-order valence-electron chi connectivity index (χ3n) is 2.80. The molecule has 4 heteroatoms. The molecule has 3 rings (SSSR count). The molecule has 0 atom stereocenters. The molecule has 3 aromatic rings. The normalized spacial score (nSPS) is 10.6. The van der Waals surface area contributed by atoms with Gasteiger partial charge in [-0.2, -0.15) is 5.10 Å². The summed E-state index contributed by atoms with van der Waals surface area (Å²) < 4.78 is 2.90. The minimum absolute atomic E-state index is 0.718. The second-order valence-electron chi connectivity index (χ2n) is 4.13. The fourth-order valence-electron chi connectivity index (χ4n) is 1.86. The van der Waals surface area contributed by atoms with Gasteiger partial charge < -0.3 is 0 Å². The molecular formula is C15H10BrClN2. The van der Waals surface area contributed by atoms with E-state index in [-0.39, 0.29) is 0 Å². The average molecular weight is 334 g/mol. The zero-order chi connectivity index (χ0) is 13.2. The first-order chi connectivity index (χ1) is 9.22. The maximum absolute atomic E-state index is 6.00. The van der Waals surface area contributed by atoms with Crippen LogP contribution in [0.15, 0.2) is 65.3 Å². The van der Waals surface area contributed by atoms with Crippen molar-refractivity contribution < 1.29 is 0 Å². The van der Waals surface area contributed by atoms with Crippen LogP contribution in [0.5, 0.6) is 0 Å². The van der Waals surface area contributed by atoms with E-state index in [1.165, 1.54) is 0 Å². The van der Waals surface area contributed by atoms with Gasteiger partial charge in [0.25, 0.3) is 0 Å². The second-order valence-corrected chi connectivity index (χ2v) is 5.48. The molecule has 19 heavy (non-hydrogen) atoms. The zero-order valence-corrected chi connectivity index (χ0v) is 12.3. The molecule has 1 aromatic heterocycles. The van der Waals surface area contributed by atoms with E-state index in [2.05, 4.69) is 21.0 Å². The van der Waals surface area contributed by atoms with Crippen LogP contribution < -0.4 is 0 Å². The number of rotatable bonds is 2. The highest BCUT2D eigenvalue weighted by Crippen LogP contribution is 2.22. The van der Waals surface area contributed by atoms with E-state index in [1.54, 1.807) is 0 Å². The van der Waals surface area contributed by atoms with Gasteiger partial charge in [-0.1, -0.05) is 39.7 Å². The highest BCUT2D eigenvalue weighted by molar-refractivity contribution is 9.10. The standard InChI is InChI=1S/C15H10BrClN2/c16-12-4-6-14(7-5-12)19-9-8-15(18-19)11-2-1-3-13(17)10-11/h1-10H. The van der Waals surface area contributed by atoms with Gasteiger partial charge in [0, 0.05) is 21.3 Å². The molecule has 0 spiro atoms. The van der Waals surface area contributed by atoms with Gasteiger partial charge in [0.05, 0.1) is 11.4 Å². The lowest BCUT2D eigenvalue weighted by molar-refractivity contribution is 0.884. The molecule has 0 saturated heterocycles. The SMILES string of the molecule is Clc1cccc(-c2ccn(-c3ccc(Br)cc3)n2)c1. The van der Waals surface area contributed by atoms with E-state index in [0.717, 1.165) is 26.4 Å².